The van der Waals surface area contributed by atoms with E-state index in [0.717, 1.165) is 32.1 Å². The zero-order valence-electron chi connectivity index (χ0n) is 10.7. The number of hydrogen-bond acceptors (Lipinski definition) is 3. The number of rotatable bonds is 4. The zero-order chi connectivity index (χ0) is 11.5. The minimum Gasteiger partial charge on any atom is -0.388 e. The summed E-state index contributed by atoms with van der Waals surface area (Å²) in [6.45, 7) is 8.08. The summed E-state index contributed by atoms with van der Waals surface area (Å²) < 4.78 is 0. The van der Waals surface area contributed by atoms with Gasteiger partial charge in [-0.1, -0.05) is 6.92 Å². The van der Waals surface area contributed by atoms with Crippen LogP contribution in [0.1, 0.15) is 26.7 Å². The van der Waals surface area contributed by atoms with Gasteiger partial charge in [0.15, 0.2) is 0 Å². The number of piperidine rings is 1. The maximum absolute atomic E-state index is 10.2. The lowest BCUT2D eigenvalue weighted by molar-refractivity contribution is -0.00736. The van der Waals surface area contributed by atoms with E-state index in [2.05, 4.69) is 11.8 Å². The van der Waals surface area contributed by atoms with Crippen LogP contribution in [-0.2, 0) is 0 Å². The van der Waals surface area contributed by atoms with E-state index in [1.807, 2.05) is 25.9 Å². The molecule has 1 N–H and O–H groups in total. The van der Waals surface area contributed by atoms with Gasteiger partial charge in [-0.3, -0.25) is 0 Å². The molecule has 0 aromatic rings. The number of likely N-dealkylation sites (N-methyl/N-ethyl adjacent to an activating group) is 1. The van der Waals surface area contributed by atoms with E-state index in [1.54, 1.807) is 0 Å². The van der Waals surface area contributed by atoms with E-state index in [1.165, 1.54) is 12.8 Å². The molecule has 0 spiro atoms. The van der Waals surface area contributed by atoms with E-state index in [9.17, 15) is 5.11 Å². The second kappa shape index (κ2) is 5.28. The predicted molar refractivity (Wildman–Crippen MR) is 64.0 cm³/mol. The van der Waals surface area contributed by atoms with Crippen molar-refractivity contribution in [3.63, 3.8) is 0 Å². The third kappa shape index (κ3) is 4.96. The molecule has 1 unspecified atom stereocenters. The quantitative estimate of drug-likeness (QED) is 0.757. The van der Waals surface area contributed by atoms with Crippen LogP contribution >= 0.6 is 0 Å². The van der Waals surface area contributed by atoms with Crippen LogP contribution in [0.25, 0.3) is 0 Å². The van der Waals surface area contributed by atoms with Crippen molar-refractivity contribution in [2.75, 3.05) is 40.3 Å². The standard InChI is InChI=1S/C12H26N2O/c1-11-5-7-14(8-6-11)10-12(2,15)9-13(3)4/h11,15H,5-10H2,1-4H3. The molecule has 3 nitrogen and oxygen atoms in total. The van der Waals surface area contributed by atoms with E-state index < -0.39 is 5.60 Å². The second-order valence-electron chi connectivity index (χ2n) is 5.69. The van der Waals surface area contributed by atoms with E-state index >= 15 is 0 Å². The molecule has 1 rings (SSSR count). The summed E-state index contributed by atoms with van der Waals surface area (Å²) in [7, 11) is 4.01. The van der Waals surface area contributed by atoms with Crippen LogP contribution in [-0.4, -0.2) is 60.8 Å². The lowest BCUT2D eigenvalue weighted by Gasteiger charge is -2.36. The predicted octanol–water partition coefficient (Wildman–Crippen LogP) is 1.03. The van der Waals surface area contributed by atoms with Gasteiger partial charge in [-0.25, -0.2) is 0 Å². The van der Waals surface area contributed by atoms with E-state index in [-0.39, 0.29) is 0 Å². The van der Waals surface area contributed by atoms with Gasteiger partial charge in [-0.2, -0.15) is 0 Å². The summed E-state index contributed by atoms with van der Waals surface area (Å²) in [5, 5.41) is 10.2. The highest BCUT2D eigenvalue weighted by Gasteiger charge is 2.26. The highest BCUT2D eigenvalue weighted by molar-refractivity contribution is 4.82. The summed E-state index contributed by atoms with van der Waals surface area (Å²) in [5.74, 6) is 0.861. The van der Waals surface area contributed by atoms with Gasteiger partial charge in [-0.05, 0) is 52.9 Å². The highest BCUT2D eigenvalue weighted by Crippen LogP contribution is 2.18. The Bertz CT molecular complexity index is 184. The minimum atomic E-state index is -0.579. The molecule has 0 aromatic carbocycles. The fourth-order valence-corrected chi connectivity index (χ4v) is 2.43. The fourth-order valence-electron chi connectivity index (χ4n) is 2.43. The summed E-state index contributed by atoms with van der Waals surface area (Å²) in [4.78, 5) is 4.44. The molecule has 3 heteroatoms. The Morgan fingerprint density at radius 3 is 2.33 bits per heavy atom. The molecule has 1 aliphatic heterocycles. The summed E-state index contributed by atoms with van der Waals surface area (Å²) in [5.41, 5.74) is -0.579. The van der Waals surface area contributed by atoms with Crippen LogP contribution in [0.5, 0.6) is 0 Å². The van der Waals surface area contributed by atoms with Crippen molar-refractivity contribution in [3.8, 4) is 0 Å². The molecular formula is C12H26N2O. The molecule has 1 aliphatic rings. The van der Waals surface area contributed by atoms with Gasteiger partial charge in [0.2, 0.25) is 0 Å². The fraction of sp³-hybridized carbons (Fsp3) is 1.00. The van der Waals surface area contributed by atoms with Gasteiger partial charge >= 0.3 is 0 Å². The van der Waals surface area contributed by atoms with Crippen molar-refractivity contribution in [1.29, 1.82) is 0 Å². The molecule has 90 valence electrons. The van der Waals surface area contributed by atoms with Crippen molar-refractivity contribution in [3.05, 3.63) is 0 Å². The summed E-state index contributed by atoms with van der Waals surface area (Å²) in [6.07, 6.45) is 2.55. The molecule has 1 saturated heterocycles. The third-order valence-electron chi connectivity index (χ3n) is 3.10. The normalized spacial score (nSPS) is 24.4. The highest BCUT2D eigenvalue weighted by atomic mass is 16.3. The average Bonchev–Trinajstić information content (AvgIpc) is 2.06. The van der Waals surface area contributed by atoms with E-state index in [4.69, 9.17) is 0 Å². The number of nitrogens with zero attached hydrogens (tertiary/aromatic N) is 2. The Labute approximate surface area is 94.1 Å². The molecule has 0 saturated carbocycles. The minimum absolute atomic E-state index is 0.579. The van der Waals surface area contributed by atoms with Crippen molar-refractivity contribution in [1.82, 2.24) is 9.80 Å². The van der Waals surface area contributed by atoms with Crippen LogP contribution < -0.4 is 0 Å². The molecule has 1 fully saturated rings. The number of likely N-dealkylation sites (tertiary alicyclic amines) is 1. The second-order valence-corrected chi connectivity index (χ2v) is 5.69. The number of aliphatic hydroxyl groups is 1. The number of β-amino-alcohol motifs (C(OH)–C–C–N with tert-alkyl or cyclic N) is 1. The SMILES string of the molecule is CC1CCN(CC(C)(O)CN(C)C)CC1. The molecule has 0 aromatic heterocycles. The van der Waals surface area contributed by atoms with Crippen molar-refractivity contribution in [2.24, 2.45) is 5.92 Å². The van der Waals surface area contributed by atoms with E-state index in [0.29, 0.717) is 0 Å². The maximum Gasteiger partial charge on any atom is 0.0871 e. The monoisotopic (exact) mass is 214 g/mol. The first-order valence-corrected chi connectivity index (χ1v) is 5.98. The van der Waals surface area contributed by atoms with Crippen LogP contribution in [0, 0.1) is 5.92 Å². The Hall–Kier alpha value is -0.120. The van der Waals surface area contributed by atoms with Crippen molar-refractivity contribution >= 4 is 0 Å². The Morgan fingerprint density at radius 1 is 1.33 bits per heavy atom. The molecule has 1 atom stereocenters. The van der Waals surface area contributed by atoms with Crippen LogP contribution in [0.15, 0.2) is 0 Å². The topological polar surface area (TPSA) is 26.7 Å². The smallest absolute Gasteiger partial charge is 0.0871 e. The summed E-state index contributed by atoms with van der Waals surface area (Å²) in [6, 6.07) is 0. The zero-order valence-corrected chi connectivity index (χ0v) is 10.7. The molecule has 0 amide bonds. The molecule has 1 heterocycles. The van der Waals surface area contributed by atoms with Crippen LogP contribution in [0.3, 0.4) is 0 Å². The van der Waals surface area contributed by atoms with Gasteiger partial charge in [0, 0.05) is 13.1 Å². The molecule has 15 heavy (non-hydrogen) atoms. The van der Waals surface area contributed by atoms with Gasteiger partial charge < -0.3 is 14.9 Å². The van der Waals surface area contributed by atoms with Gasteiger partial charge in [0.05, 0.1) is 5.60 Å². The average molecular weight is 214 g/mol. The Kier molecular flexibility index (Phi) is 4.56. The first kappa shape index (κ1) is 12.9. The molecule has 0 bridgehead atoms. The first-order valence-electron chi connectivity index (χ1n) is 5.98. The van der Waals surface area contributed by atoms with Gasteiger partial charge in [-0.15, -0.1) is 0 Å². The van der Waals surface area contributed by atoms with Crippen LogP contribution in [0.2, 0.25) is 0 Å². The molecule has 0 aliphatic carbocycles. The molecule has 0 radical (unpaired) electrons. The Balaban J connectivity index is 2.33. The third-order valence-corrected chi connectivity index (χ3v) is 3.10. The Morgan fingerprint density at radius 2 is 1.87 bits per heavy atom. The maximum atomic E-state index is 10.2. The largest absolute Gasteiger partial charge is 0.388 e. The first-order chi connectivity index (χ1) is 6.89. The van der Waals surface area contributed by atoms with Crippen molar-refractivity contribution < 1.29 is 5.11 Å². The molecular weight excluding hydrogens is 188 g/mol. The lowest BCUT2D eigenvalue weighted by atomic mass is 9.97. The van der Waals surface area contributed by atoms with Gasteiger partial charge in [0.1, 0.15) is 0 Å². The van der Waals surface area contributed by atoms with Crippen LogP contribution in [0.4, 0.5) is 0 Å². The number of hydrogen-bond donors (Lipinski definition) is 1. The lowest BCUT2D eigenvalue weighted by Crippen LogP contribution is -2.49. The summed E-state index contributed by atoms with van der Waals surface area (Å²) >= 11 is 0. The van der Waals surface area contributed by atoms with Gasteiger partial charge in [0.25, 0.3) is 0 Å². The van der Waals surface area contributed by atoms with Crippen molar-refractivity contribution in [2.45, 2.75) is 32.3 Å².